The lowest BCUT2D eigenvalue weighted by molar-refractivity contribution is -0.166. The highest BCUT2D eigenvalue weighted by molar-refractivity contribution is 6.74. The van der Waals surface area contributed by atoms with Gasteiger partial charge in [-0.1, -0.05) is 81.4 Å². The number of nitrogens with zero attached hydrogens (tertiary/aromatic N) is 2. The summed E-state index contributed by atoms with van der Waals surface area (Å²) < 4.78 is 12.2. The van der Waals surface area contributed by atoms with Gasteiger partial charge >= 0.3 is 6.09 Å². The molecule has 0 N–H and O–H groups in total. The van der Waals surface area contributed by atoms with Gasteiger partial charge in [0.15, 0.2) is 8.32 Å². The Morgan fingerprint density at radius 1 is 1.03 bits per heavy atom. The Labute approximate surface area is 204 Å². The molecule has 2 fully saturated rings. The van der Waals surface area contributed by atoms with Crippen molar-refractivity contribution >= 4 is 20.3 Å². The third-order valence-electron chi connectivity index (χ3n) is 7.58. The third kappa shape index (κ3) is 4.51. The summed E-state index contributed by atoms with van der Waals surface area (Å²) in [6.07, 6.45) is -0.659. The number of hydrogen-bond acceptors (Lipinski definition) is 4. The van der Waals surface area contributed by atoms with E-state index >= 15 is 0 Å². The fraction of sp³-hybridized carbons (Fsp3) is 0.481. The molecular formula is C27H36N2O4Si. The van der Waals surface area contributed by atoms with Gasteiger partial charge in [0, 0.05) is 6.54 Å². The molecule has 2 aromatic rings. The van der Waals surface area contributed by atoms with Crippen molar-refractivity contribution in [3.8, 4) is 0 Å². The zero-order valence-corrected chi connectivity index (χ0v) is 22.0. The first-order valence-corrected chi connectivity index (χ1v) is 14.9. The number of carbonyl (C=O) groups is 2. The maximum Gasteiger partial charge on any atom is 0.411 e. The molecule has 2 aromatic carbocycles. The SMILES string of the molecule is C[C@@H](O[Si](C)(C)C(C)(C)C)[C@@H]1[C@H](N2C(=O)OC[C@@H]2c2ccccc2)C(=O)N1Cc1ccccc1. The first-order chi connectivity index (χ1) is 16.0. The van der Waals surface area contributed by atoms with Gasteiger partial charge in [-0.25, -0.2) is 4.79 Å². The van der Waals surface area contributed by atoms with E-state index in [0.717, 1.165) is 11.1 Å². The van der Waals surface area contributed by atoms with Crippen molar-refractivity contribution in [2.24, 2.45) is 0 Å². The van der Waals surface area contributed by atoms with Gasteiger partial charge in [-0.2, -0.15) is 0 Å². The van der Waals surface area contributed by atoms with Gasteiger partial charge in [-0.3, -0.25) is 9.69 Å². The molecule has 4 atom stereocenters. The molecular weight excluding hydrogens is 444 g/mol. The third-order valence-corrected chi connectivity index (χ3v) is 12.2. The lowest BCUT2D eigenvalue weighted by atomic mass is 9.87. The number of likely N-dealkylation sites (tertiary alicyclic amines) is 1. The van der Waals surface area contributed by atoms with E-state index in [-0.39, 0.29) is 35.7 Å². The van der Waals surface area contributed by atoms with E-state index < -0.39 is 20.5 Å². The highest BCUT2D eigenvalue weighted by atomic mass is 28.4. The number of benzene rings is 2. The van der Waals surface area contributed by atoms with Crippen molar-refractivity contribution in [1.29, 1.82) is 0 Å². The van der Waals surface area contributed by atoms with Crippen LogP contribution < -0.4 is 0 Å². The molecule has 2 amide bonds. The molecule has 2 heterocycles. The molecule has 0 aromatic heterocycles. The van der Waals surface area contributed by atoms with Crippen molar-refractivity contribution in [2.75, 3.05) is 6.61 Å². The maximum atomic E-state index is 13.6. The van der Waals surface area contributed by atoms with Crippen LogP contribution in [0.4, 0.5) is 4.79 Å². The molecule has 2 aliphatic heterocycles. The largest absolute Gasteiger partial charge is 0.447 e. The van der Waals surface area contributed by atoms with E-state index in [0.29, 0.717) is 6.54 Å². The minimum atomic E-state index is -2.10. The molecule has 6 nitrogen and oxygen atoms in total. The standard InChI is InChI=1S/C27H36N2O4Si/c1-19(33-34(5,6)27(2,3)4)23-24(25(30)28(23)17-20-13-9-7-10-14-20)29-22(18-32-26(29)31)21-15-11-8-12-16-21/h7-16,19,22-24H,17-18H2,1-6H3/t19-,22-,23-,24+/m1/s1. The van der Waals surface area contributed by atoms with Crippen molar-refractivity contribution in [1.82, 2.24) is 9.80 Å². The van der Waals surface area contributed by atoms with E-state index in [1.165, 1.54) is 0 Å². The Hall–Kier alpha value is -2.64. The summed E-state index contributed by atoms with van der Waals surface area (Å²) in [6.45, 7) is 13.8. The van der Waals surface area contributed by atoms with E-state index in [9.17, 15) is 9.59 Å². The predicted molar refractivity (Wildman–Crippen MR) is 135 cm³/mol. The highest BCUT2D eigenvalue weighted by Crippen LogP contribution is 2.42. The second kappa shape index (κ2) is 9.19. The van der Waals surface area contributed by atoms with Crippen LogP contribution >= 0.6 is 0 Å². The molecule has 0 saturated carbocycles. The summed E-state index contributed by atoms with van der Waals surface area (Å²) in [6, 6.07) is 18.6. The molecule has 4 rings (SSSR count). The average molecular weight is 481 g/mol. The van der Waals surface area contributed by atoms with Gasteiger partial charge in [0.1, 0.15) is 12.6 Å². The topological polar surface area (TPSA) is 59.1 Å². The molecule has 2 aliphatic rings. The Kier molecular flexibility index (Phi) is 6.62. The maximum absolute atomic E-state index is 13.6. The van der Waals surface area contributed by atoms with Crippen LogP contribution in [0.3, 0.4) is 0 Å². The molecule has 0 spiro atoms. The van der Waals surface area contributed by atoms with E-state index in [4.69, 9.17) is 9.16 Å². The average Bonchev–Trinajstić information content (AvgIpc) is 3.16. The Morgan fingerprint density at radius 2 is 1.62 bits per heavy atom. The second-order valence-electron chi connectivity index (χ2n) is 10.9. The number of hydrogen-bond donors (Lipinski definition) is 0. The number of ether oxygens (including phenoxy) is 1. The number of β-lactam (4-membered cyclic amide) rings is 1. The van der Waals surface area contributed by atoms with E-state index in [1.807, 2.05) is 72.5 Å². The first kappa shape index (κ1) is 24.5. The molecule has 0 bridgehead atoms. The smallest absolute Gasteiger partial charge is 0.411 e. The summed E-state index contributed by atoms with van der Waals surface area (Å²) in [5.74, 6) is -0.0562. The monoisotopic (exact) mass is 480 g/mol. The fourth-order valence-corrected chi connectivity index (χ4v) is 6.11. The van der Waals surface area contributed by atoms with Crippen LogP contribution in [0.15, 0.2) is 60.7 Å². The van der Waals surface area contributed by atoms with Crippen LogP contribution in [0.5, 0.6) is 0 Å². The van der Waals surface area contributed by atoms with Gasteiger partial charge in [-0.05, 0) is 36.2 Å². The summed E-state index contributed by atoms with van der Waals surface area (Å²) >= 11 is 0. The van der Waals surface area contributed by atoms with Crippen LogP contribution in [0.25, 0.3) is 0 Å². The minimum absolute atomic E-state index is 0.0356. The summed E-state index contributed by atoms with van der Waals surface area (Å²) in [5, 5.41) is 0.0356. The Morgan fingerprint density at radius 3 is 2.21 bits per heavy atom. The molecule has 7 heteroatoms. The van der Waals surface area contributed by atoms with Crippen LogP contribution in [0.1, 0.15) is 44.9 Å². The second-order valence-corrected chi connectivity index (χ2v) is 15.6. The number of carbonyl (C=O) groups excluding carboxylic acids is 2. The normalized spacial score (nSPS) is 24.1. The lowest BCUT2D eigenvalue weighted by Gasteiger charge is -2.54. The quantitative estimate of drug-likeness (QED) is 0.395. The van der Waals surface area contributed by atoms with Gasteiger partial charge in [0.25, 0.3) is 0 Å². The molecule has 0 aliphatic carbocycles. The van der Waals surface area contributed by atoms with Crippen LogP contribution in [-0.2, 0) is 20.5 Å². The fourth-order valence-electron chi connectivity index (χ4n) is 4.69. The van der Waals surface area contributed by atoms with Gasteiger partial charge in [0.05, 0.1) is 18.2 Å². The highest BCUT2D eigenvalue weighted by Gasteiger charge is 2.58. The number of amides is 2. The molecule has 34 heavy (non-hydrogen) atoms. The van der Waals surface area contributed by atoms with Gasteiger partial charge in [0.2, 0.25) is 5.91 Å². The van der Waals surface area contributed by atoms with Crippen molar-refractivity contribution in [3.63, 3.8) is 0 Å². The van der Waals surface area contributed by atoms with E-state index in [2.05, 4.69) is 33.9 Å². The van der Waals surface area contributed by atoms with E-state index in [1.54, 1.807) is 4.90 Å². The van der Waals surface area contributed by atoms with Crippen LogP contribution in [0, 0.1) is 0 Å². The molecule has 0 radical (unpaired) electrons. The van der Waals surface area contributed by atoms with Crippen LogP contribution in [-0.4, -0.2) is 54.9 Å². The minimum Gasteiger partial charge on any atom is -0.447 e. The summed E-state index contributed by atoms with van der Waals surface area (Å²) in [5.41, 5.74) is 2.03. The Balaban J connectivity index is 1.66. The molecule has 0 unspecified atom stereocenters. The van der Waals surface area contributed by atoms with Crippen molar-refractivity contribution in [2.45, 2.75) is 76.6 Å². The molecule has 182 valence electrons. The van der Waals surface area contributed by atoms with Crippen LogP contribution in [0.2, 0.25) is 18.1 Å². The van der Waals surface area contributed by atoms with Gasteiger partial charge in [-0.15, -0.1) is 0 Å². The number of rotatable bonds is 7. The lowest BCUT2D eigenvalue weighted by Crippen LogP contribution is -2.74. The van der Waals surface area contributed by atoms with Crippen molar-refractivity contribution in [3.05, 3.63) is 71.8 Å². The number of cyclic esters (lactones) is 1. The summed E-state index contributed by atoms with van der Waals surface area (Å²) in [7, 11) is -2.10. The summed E-state index contributed by atoms with van der Waals surface area (Å²) in [4.78, 5) is 30.0. The zero-order valence-electron chi connectivity index (χ0n) is 21.0. The first-order valence-electron chi connectivity index (χ1n) is 12.0. The Bertz CT molecular complexity index is 1020. The van der Waals surface area contributed by atoms with Crippen molar-refractivity contribution < 1.29 is 18.8 Å². The zero-order chi connectivity index (χ0) is 24.7. The molecule has 2 saturated heterocycles. The predicted octanol–water partition coefficient (Wildman–Crippen LogP) is 5.37. The van der Waals surface area contributed by atoms with Gasteiger partial charge < -0.3 is 14.1 Å².